The van der Waals surface area contributed by atoms with Crippen molar-refractivity contribution in [3.63, 3.8) is 0 Å². The van der Waals surface area contributed by atoms with E-state index in [4.69, 9.17) is 0 Å². The van der Waals surface area contributed by atoms with Crippen LogP contribution in [0.1, 0.15) is 84.0 Å². The molecule has 9 heteroatoms. The molecule has 0 bridgehead atoms. The molecule has 0 saturated carbocycles. The normalized spacial score (nSPS) is 15.7. The molecule has 0 aliphatic rings. The van der Waals surface area contributed by atoms with E-state index in [2.05, 4.69) is 0 Å². The van der Waals surface area contributed by atoms with E-state index in [1.165, 1.54) is 12.2 Å². The molecule has 2 N–H and O–H groups in total. The van der Waals surface area contributed by atoms with Crippen LogP contribution in [0.3, 0.4) is 0 Å². The van der Waals surface area contributed by atoms with Crippen molar-refractivity contribution in [1.29, 1.82) is 0 Å². The molecule has 0 aromatic rings. The molecule has 0 fully saturated rings. The maximum absolute atomic E-state index is 11.2. The summed E-state index contributed by atoms with van der Waals surface area (Å²) in [7, 11) is 0. The van der Waals surface area contributed by atoms with Gasteiger partial charge in [0.25, 0.3) is 0 Å². The molecule has 0 aliphatic carbocycles. The largest absolute Gasteiger partial charge is 0.386 e. The van der Waals surface area contributed by atoms with E-state index in [0.717, 1.165) is 25.7 Å². The maximum Gasteiger partial charge on any atom is 0.238 e. The number of rotatable bonds is 19. The zero-order chi connectivity index (χ0) is 22.1. The molecule has 9 nitrogen and oxygen atoms in total. The summed E-state index contributed by atoms with van der Waals surface area (Å²) < 4.78 is 0. The van der Waals surface area contributed by atoms with Crippen LogP contribution in [0, 0.1) is 20.2 Å². The first-order valence-corrected chi connectivity index (χ1v) is 10.5. The predicted molar refractivity (Wildman–Crippen MR) is 109 cm³/mol. The third-order valence-corrected chi connectivity index (χ3v) is 4.98. The van der Waals surface area contributed by atoms with Gasteiger partial charge < -0.3 is 10.2 Å². The summed E-state index contributed by atoms with van der Waals surface area (Å²) in [6, 6.07) is -2.11. The van der Waals surface area contributed by atoms with Gasteiger partial charge in [0.1, 0.15) is 12.2 Å². The molecular formula is C20H35N2O7. The summed E-state index contributed by atoms with van der Waals surface area (Å²) in [4.78, 5) is 31.5. The van der Waals surface area contributed by atoms with Crippen LogP contribution in [-0.4, -0.2) is 50.6 Å². The number of nitro groups is 2. The molecule has 1 radical (unpaired) electrons. The quantitative estimate of drug-likeness (QED) is 0.142. The average molecular weight is 416 g/mol. The summed E-state index contributed by atoms with van der Waals surface area (Å²) in [6.45, 7) is 2.00. The SMILES string of the molecule is CCCCCC(C(O)C/C=C\CC(O)C(CCCCCC[C]=O)[N+](=O)[O-])[N+](=O)[O-]. The Kier molecular flexibility index (Phi) is 15.9. The highest BCUT2D eigenvalue weighted by Gasteiger charge is 2.29. The number of hydrogen-bond acceptors (Lipinski definition) is 7. The first-order chi connectivity index (χ1) is 13.8. The second kappa shape index (κ2) is 17.0. The van der Waals surface area contributed by atoms with Gasteiger partial charge in [0.05, 0.1) is 0 Å². The van der Waals surface area contributed by atoms with Gasteiger partial charge in [0.2, 0.25) is 12.1 Å². The van der Waals surface area contributed by atoms with Gasteiger partial charge in [0, 0.05) is 29.1 Å². The molecule has 0 aliphatic heterocycles. The van der Waals surface area contributed by atoms with Gasteiger partial charge in [-0.3, -0.25) is 25.0 Å². The van der Waals surface area contributed by atoms with Crippen molar-refractivity contribution in [1.82, 2.24) is 0 Å². The lowest BCUT2D eigenvalue weighted by molar-refractivity contribution is -0.535. The Morgan fingerprint density at radius 2 is 1.28 bits per heavy atom. The lowest BCUT2D eigenvalue weighted by Crippen LogP contribution is -2.34. The monoisotopic (exact) mass is 415 g/mol. The number of aliphatic hydroxyl groups excluding tert-OH is 2. The fraction of sp³-hybridized carbons (Fsp3) is 0.850. The minimum absolute atomic E-state index is 0.0530. The van der Waals surface area contributed by atoms with E-state index in [0.29, 0.717) is 32.1 Å². The second-order valence-electron chi connectivity index (χ2n) is 7.38. The van der Waals surface area contributed by atoms with E-state index in [1.807, 2.05) is 6.92 Å². The minimum atomic E-state index is -1.16. The third-order valence-electron chi connectivity index (χ3n) is 4.98. The van der Waals surface area contributed by atoms with E-state index < -0.39 is 34.1 Å². The van der Waals surface area contributed by atoms with Crippen LogP contribution >= 0.6 is 0 Å². The van der Waals surface area contributed by atoms with E-state index in [1.54, 1.807) is 6.29 Å². The first kappa shape index (κ1) is 27.1. The highest BCUT2D eigenvalue weighted by Crippen LogP contribution is 2.16. The second-order valence-corrected chi connectivity index (χ2v) is 7.38. The molecule has 4 unspecified atom stereocenters. The molecule has 0 aromatic carbocycles. The zero-order valence-corrected chi connectivity index (χ0v) is 17.3. The molecule has 167 valence electrons. The molecule has 0 amide bonds. The first-order valence-electron chi connectivity index (χ1n) is 10.5. The maximum atomic E-state index is 11.2. The Hall–Kier alpha value is -1.87. The van der Waals surface area contributed by atoms with Crippen molar-refractivity contribution in [2.24, 2.45) is 0 Å². The lowest BCUT2D eigenvalue weighted by Gasteiger charge is -2.15. The molecule has 0 saturated heterocycles. The van der Waals surface area contributed by atoms with Crippen molar-refractivity contribution in [3.8, 4) is 0 Å². The van der Waals surface area contributed by atoms with Gasteiger partial charge in [-0.15, -0.1) is 0 Å². The van der Waals surface area contributed by atoms with Crippen LogP contribution in [0.5, 0.6) is 0 Å². The van der Waals surface area contributed by atoms with E-state index in [9.17, 15) is 35.2 Å². The van der Waals surface area contributed by atoms with Gasteiger partial charge in [-0.25, -0.2) is 0 Å². The van der Waals surface area contributed by atoms with Gasteiger partial charge in [-0.1, -0.05) is 44.8 Å². The van der Waals surface area contributed by atoms with Crippen LogP contribution in [-0.2, 0) is 4.79 Å². The number of hydrogen-bond donors (Lipinski definition) is 2. The van der Waals surface area contributed by atoms with E-state index >= 15 is 0 Å². The van der Waals surface area contributed by atoms with Gasteiger partial charge >= 0.3 is 0 Å². The Morgan fingerprint density at radius 3 is 1.69 bits per heavy atom. The summed E-state index contributed by atoms with van der Waals surface area (Å²) in [6.07, 6.45) is 8.99. The number of nitrogens with zero attached hydrogens (tertiary/aromatic N) is 2. The van der Waals surface area contributed by atoms with Crippen molar-refractivity contribution in [3.05, 3.63) is 32.4 Å². The third kappa shape index (κ3) is 13.1. The standard InChI is InChI=1S/C20H35N2O7/c1-2-3-7-12-17(21(26)27)19(24)14-9-10-15-20(25)18(22(28)29)13-8-5-4-6-11-16-23/h9-10,17-20,24-25H,2-8,11-15H2,1H3/b10-9-. The highest BCUT2D eigenvalue weighted by atomic mass is 16.6. The fourth-order valence-electron chi connectivity index (χ4n) is 3.17. The number of aliphatic hydroxyl groups is 2. The summed E-state index contributed by atoms with van der Waals surface area (Å²) in [5, 5.41) is 42.5. The molecule has 0 spiro atoms. The van der Waals surface area contributed by atoms with E-state index in [-0.39, 0.29) is 19.3 Å². The summed E-state index contributed by atoms with van der Waals surface area (Å²) in [5.74, 6) is 0. The fourth-order valence-corrected chi connectivity index (χ4v) is 3.17. The summed E-state index contributed by atoms with van der Waals surface area (Å²) in [5.41, 5.74) is 0. The number of unbranched alkanes of at least 4 members (excludes halogenated alkanes) is 6. The Morgan fingerprint density at radius 1 is 0.828 bits per heavy atom. The van der Waals surface area contributed by atoms with Crippen LogP contribution in [0.15, 0.2) is 12.2 Å². The minimum Gasteiger partial charge on any atom is -0.386 e. The van der Waals surface area contributed by atoms with Crippen molar-refractivity contribution < 1.29 is 24.9 Å². The average Bonchev–Trinajstić information content (AvgIpc) is 2.67. The Balaban J connectivity index is 4.37. The molecule has 29 heavy (non-hydrogen) atoms. The Bertz CT molecular complexity index is 499. The molecule has 0 aromatic heterocycles. The van der Waals surface area contributed by atoms with Crippen molar-refractivity contribution in [2.75, 3.05) is 0 Å². The van der Waals surface area contributed by atoms with Gasteiger partial charge in [0.15, 0.2) is 6.29 Å². The van der Waals surface area contributed by atoms with Crippen LogP contribution in [0.4, 0.5) is 0 Å². The van der Waals surface area contributed by atoms with Crippen LogP contribution in [0.25, 0.3) is 0 Å². The van der Waals surface area contributed by atoms with Crippen molar-refractivity contribution in [2.45, 2.75) is 108 Å². The smallest absolute Gasteiger partial charge is 0.238 e. The van der Waals surface area contributed by atoms with Crippen LogP contribution < -0.4 is 0 Å². The zero-order valence-electron chi connectivity index (χ0n) is 17.3. The predicted octanol–water partition coefficient (Wildman–Crippen LogP) is 3.37. The number of carbonyl (C=O) groups excluding carboxylic acids is 1. The highest BCUT2D eigenvalue weighted by molar-refractivity contribution is 5.50. The molecule has 0 rings (SSSR count). The van der Waals surface area contributed by atoms with Crippen LogP contribution in [0.2, 0.25) is 0 Å². The topological polar surface area (TPSA) is 144 Å². The molecular weight excluding hydrogens is 380 g/mol. The lowest BCUT2D eigenvalue weighted by atomic mass is 9.99. The van der Waals surface area contributed by atoms with Gasteiger partial charge in [-0.05, 0) is 32.1 Å². The Labute approximate surface area is 172 Å². The molecule has 4 atom stereocenters. The van der Waals surface area contributed by atoms with Crippen molar-refractivity contribution >= 4 is 6.29 Å². The summed E-state index contributed by atoms with van der Waals surface area (Å²) >= 11 is 0. The van der Waals surface area contributed by atoms with Gasteiger partial charge in [-0.2, -0.15) is 0 Å². The molecule has 0 heterocycles.